The predicted octanol–water partition coefficient (Wildman–Crippen LogP) is 1.03. The highest BCUT2D eigenvalue weighted by Gasteiger charge is 2.45. The minimum Gasteiger partial charge on any atom is -0.444 e. The molecule has 3 atom stereocenters. The molecule has 2 rings (SSSR count). The van der Waals surface area contributed by atoms with Crippen LogP contribution in [0.5, 0.6) is 0 Å². The number of hydroxylamine groups is 1. The van der Waals surface area contributed by atoms with Gasteiger partial charge in [-0.2, -0.15) is 0 Å². The molecule has 1 aliphatic rings. The van der Waals surface area contributed by atoms with E-state index < -0.39 is 33.9 Å². The SMILES string of the molecule is COCc1ccc(N2CC(CC(C)(C(=O)NO)S(=O)O)OC2=O)cc1. The fraction of sp³-hybridized carbons (Fsp3) is 0.467. The van der Waals surface area contributed by atoms with E-state index in [1.807, 2.05) is 12.1 Å². The van der Waals surface area contributed by atoms with Gasteiger partial charge in [-0.15, -0.1) is 0 Å². The molecule has 0 radical (unpaired) electrons. The molecule has 3 unspecified atom stereocenters. The van der Waals surface area contributed by atoms with Gasteiger partial charge in [0.05, 0.1) is 13.2 Å². The number of amides is 2. The van der Waals surface area contributed by atoms with Gasteiger partial charge in [0.25, 0.3) is 5.91 Å². The molecule has 1 heterocycles. The summed E-state index contributed by atoms with van der Waals surface area (Å²) in [5.74, 6) is -1.02. The third kappa shape index (κ3) is 4.15. The zero-order valence-corrected chi connectivity index (χ0v) is 14.6. The molecule has 1 fully saturated rings. The van der Waals surface area contributed by atoms with Crippen LogP contribution in [0.15, 0.2) is 24.3 Å². The lowest BCUT2D eigenvalue weighted by atomic mass is 10.0. The van der Waals surface area contributed by atoms with Crippen LogP contribution in [-0.4, -0.2) is 50.5 Å². The van der Waals surface area contributed by atoms with Crippen molar-refractivity contribution in [3.63, 3.8) is 0 Å². The van der Waals surface area contributed by atoms with Gasteiger partial charge in [0.15, 0.2) is 15.8 Å². The van der Waals surface area contributed by atoms with Crippen LogP contribution in [0.2, 0.25) is 0 Å². The monoisotopic (exact) mass is 372 g/mol. The van der Waals surface area contributed by atoms with Crippen LogP contribution in [0, 0.1) is 0 Å². The predicted molar refractivity (Wildman–Crippen MR) is 88.5 cm³/mol. The largest absolute Gasteiger partial charge is 0.444 e. The number of ether oxygens (including phenoxy) is 2. The molecule has 1 saturated heterocycles. The summed E-state index contributed by atoms with van der Waals surface area (Å²) in [7, 11) is 1.58. The standard InChI is InChI=1S/C15H20N2O7S/c1-15(25(21)22,13(18)16-20)7-12-8-17(14(19)24-12)11-5-3-10(4-6-11)9-23-2/h3-6,12,20H,7-9H2,1-2H3,(H,16,18)(H,21,22). The highest BCUT2D eigenvalue weighted by molar-refractivity contribution is 7.81. The molecular formula is C15H20N2O7S. The van der Waals surface area contributed by atoms with Crippen molar-refractivity contribution >= 4 is 28.8 Å². The van der Waals surface area contributed by atoms with Crippen molar-refractivity contribution in [2.45, 2.75) is 30.8 Å². The Labute approximate surface area is 147 Å². The smallest absolute Gasteiger partial charge is 0.414 e. The van der Waals surface area contributed by atoms with Crippen LogP contribution in [0.3, 0.4) is 0 Å². The van der Waals surface area contributed by atoms with Gasteiger partial charge in [-0.25, -0.2) is 14.5 Å². The molecule has 0 aliphatic carbocycles. The Bertz CT molecular complexity index is 666. The van der Waals surface area contributed by atoms with E-state index in [4.69, 9.17) is 14.7 Å². The lowest BCUT2D eigenvalue weighted by Crippen LogP contribution is -2.49. The molecule has 25 heavy (non-hydrogen) atoms. The summed E-state index contributed by atoms with van der Waals surface area (Å²) >= 11 is -2.56. The first-order valence-corrected chi connectivity index (χ1v) is 8.54. The topological polar surface area (TPSA) is 125 Å². The van der Waals surface area contributed by atoms with Crippen molar-refractivity contribution in [1.82, 2.24) is 5.48 Å². The summed E-state index contributed by atoms with van der Waals surface area (Å²) in [4.78, 5) is 25.2. The van der Waals surface area contributed by atoms with Crippen molar-refractivity contribution in [2.24, 2.45) is 0 Å². The van der Waals surface area contributed by atoms with E-state index in [0.29, 0.717) is 12.3 Å². The number of nitrogens with zero attached hydrogens (tertiary/aromatic N) is 1. The molecule has 0 spiro atoms. The van der Waals surface area contributed by atoms with Crippen LogP contribution < -0.4 is 10.4 Å². The van der Waals surface area contributed by atoms with Crippen LogP contribution in [0.1, 0.15) is 18.9 Å². The Morgan fingerprint density at radius 2 is 2.12 bits per heavy atom. The number of carbonyl (C=O) groups is 2. The lowest BCUT2D eigenvalue weighted by molar-refractivity contribution is -0.132. The van der Waals surface area contributed by atoms with Crippen molar-refractivity contribution < 1.29 is 33.0 Å². The highest BCUT2D eigenvalue weighted by atomic mass is 32.2. The summed E-state index contributed by atoms with van der Waals surface area (Å²) in [6.07, 6.45) is -1.60. The first-order valence-electron chi connectivity index (χ1n) is 7.43. The third-order valence-corrected chi connectivity index (χ3v) is 5.14. The van der Waals surface area contributed by atoms with Gasteiger partial charge < -0.3 is 14.0 Å². The molecule has 0 aromatic heterocycles. The van der Waals surface area contributed by atoms with Gasteiger partial charge in [0.1, 0.15) is 6.10 Å². The Morgan fingerprint density at radius 3 is 2.64 bits per heavy atom. The molecular weight excluding hydrogens is 352 g/mol. The number of hydrogen-bond donors (Lipinski definition) is 3. The van der Waals surface area contributed by atoms with Crippen molar-refractivity contribution in [3.8, 4) is 0 Å². The average molecular weight is 372 g/mol. The number of carbonyl (C=O) groups excluding carboxylic acids is 2. The van der Waals surface area contributed by atoms with Crippen LogP contribution in [-0.2, 0) is 32.0 Å². The van der Waals surface area contributed by atoms with Crippen LogP contribution in [0.25, 0.3) is 0 Å². The second-order valence-corrected chi connectivity index (χ2v) is 7.24. The van der Waals surface area contributed by atoms with E-state index in [1.54, 1.807) is 19.2 Å². The maximum Gasteiger partial charge on any atom is 0.414 e. The van der Waals surface area contributed by atoms with E-state index in [1.165, 1.54) is 17.3 Å². The van der Waals surface area contributed by atoms with E-state index in [2.05, 4.69) is 0 Å². The van der Waals surface area contributed by atoms with E-state index >= 15 is 0 Å². The molecule has 9 nitrogen and oxygen atoms in total. The number of cyclic esters (lactones) is 1. The number of nitrogens with one attached hydrogen (secondary N) is 1. The minimum absolute atomic E-state index is 0.119. The maximum absolute atomic E-state index is 12.1. The number of anilines is 1. The van der Waals surface area contributed by atoms with Gasteiger partial charge in [-0.3, -0.25) is 14.9 Å². The molecule has 0 bridgehead atoms. The Balaban J connectivity index is 2.11. The van der Waals surface area contributed by atoms with Gasteiger partial charge in [-0.1, -0.05) is 12.1 Å². The quantitative estimate of drug-likeness (QED) is 0.371. The molecule has 2 amide bonds. The summed E-state index contributed by atoms with van der Waals surface area (Å²) in [5.41, 5.74) is 2.92. The second kappa shape index (κ2) is 7.91. The summed E-state index contributed by atoms with van der Waals surface area (Å²) < 4.78 is 29.3. The van der Waals surface area contributed by atoms with Gasteiger partial charge in [0.2, 0.25) is 0 Å². The normalized spacial score (nSPS) is 20.7. The molecule has 1 aromatic rings. The van der Waals surface area contributed by atoms with Crippen molar-refractivity contribution in [2.75, 3.05) is 18.6 Å². The highest BCUT2D eigenvalue weighted by Crippen LogP contribution is 2.28. The summed E-state index contributed by atoms with van der Waals surface area (Å²) in [6.45, 7) is 1.78. The molecule has 1 aliphatic heterocycles. The first-order chi connectivity index (χ1) is 11.8. The molecule has 1 aromatic carbocycles. The van der Waals surface area contributed by atoms with Gasteiger partial charge >= 0.3 is 6.09 Å². The average Bonchev–Trinajstić information content (AvgIpc) is 2.94. The van der Waals surface area contributed by atoms with E-state index in [9.17, 15) is 18.4 Å². The zero-order chi connectivity index (χ0) is 18.6. The lowest BCUT2D eigenvalue weighted by Gasteiger charge is -2.25. The molecule has 0 saturated carbocycles. The van der Waals surface area contributed by atoms with E-state index in [-0.39, 0.29) is 13.0 Å². The fourth-order valence-corrected chi connectivity index (χ4v) is 3.11. The van der Waals surface area contributed by atoms with Gasteiger partial charge in [0, 0.05) is 19.2 Å². The fourth-order valence-electron chi connectivity index (χ4n) is 2.57. The summed E-state index contributed by atoms with van der Waals surface area (Å²) in [5, 5.41) is 8.77. The van der Waals surface area contributed by atoms with Crippen molar-refractivity contribution in [3.05, 3.63) is 29.8 Å². The number of benzene rings is 1. The Kier molecular flexibility index (Phi) is 6.11. The summed E-state index contributed by atoms with van der Waals surface area (Å²) in [6, 6.07) is 7.10. The first kappa shape index (κ1) is 19.3. The minimum atomic E-state index is -2.56. The molecule has 3 N–H and O–H groups in total. The number of methoxy groups -OCH3 is 1. The van der Waals surface area contributed by atoms with Crippen molar-refractivity contribution in [1.29, 1.82) is 0 Å². The molecule has 138 valence electrons. The zero-order valence-electron chi connectivity index (χ0n) is 13.8. The second-order valence-electron chi connectivity index (χ2n) is 5.84. The number of hydrogen-bond acceptors (Lipinski definition) is 6. The Hall–Kier alpha value is -2.01. The third-order valence-electron chi connectivity index (χ3n) is 4.02. The Morgan fingerprint density at radius 1 is 1.48 bits per heavy atom. The maximum atomic E-state index is 12.1. The van der Waals surface area contributed by atoms with Crippen LogP contribution in [0.4, 0.5) is 10.5 Å². The number of rotatable bonds is 7. The van der Waals surface area contributed by atoms with E-state index in [0.717, 1.165) is 5.56 Å². The molecule has 10 heteroatoms. The van der Waals surface area contributed by atoms with Crippen LogP contribution >= 0.6 is 0 Å². The van der Waals surface area contributed by atoms with Gasteiger partial charge in [-0.05, 0) is 24.6 Å².